The third-order valence-corrected chi connectivity index (χ3v) is 3.33. The van der Waals surface area contributed by atoms with Crippen molar-refractivity contribution in [2.45, 2.75) is 39.0 Å². The van der Waals surface area contributed by atoms with E-state index in [-0.39, 0.29) is 11.6 Å². The van der Waals surface area contributed by atoms with Crippen LogP contribution < -0.4 is 0 Å². The van der Waals surface area contributed by atoms with E-state index in [1.165, 1.54) is 6.08 Å². The van der Waals surface area contributed by atoms with Gasteiger partial charge in [0.05, 0.1) is 0 Å². The topological polar surface area (TPSA) is 34.1 Å². The maximum absolute atomic E-state index is 12.3. The number of rotatable bonds is 4. The van der Waals surface area contributed by atoms with Crippen LogP contribution in [0.1, 0.15) is 59.7 Å². The van der Waals surface area contributed by atoms with E-state index in [9.17, 15) is 9.59 Å². The van der Waals surface area contributed by atoms with Gasteiger partial charge in [-0.15, -0.1) is 11.8 Å². The Bertz CT molecular complexity index is 612. The quantitative estimate of drug-likeness (QED) is 0.610. The number of hydrogen-bond acceptors (Lipinski definition) is 2. The van der Waals surface area contributed by atoms with Crippen LogP contribution in [0.3, 0.4) is 0 Å². The third-order valence-electron chi connectivity index (χ3n) is 3.33. The lowest BCUT2D eigenvalue weighted by atomic mass is 9.88. The molecule has 1 aromatic carbocycles. The Morgan fingerprint density at radius 2 is 1.70 bits per heavy atom. The second-order valence-electron chi connectivity index (χ2n) is 4.87. The first kappa shape index (κ1) is 14.3. The molecule has 1 aliphatic carbocycles. The Morgan fingerprint density at radius 3 is 2.45 bits per heavy atom. The lowest BCUT2D eigenvalue weighted by Crippen LogP contribution is -2.16. The van der Waals surface area contributed by atoms with Gasteiger partial charge in [0.1, 0.15) is 0 Å². The maximum Gasteiger partial charge on any atom is 0.189 e. The van der Waals surface area contributed by atoms with E-state index >= 15 is 0 Å². The second kappa shape index (κ2) is 6.86. The number of hydrogen-bond donors (Lipinski definition) is 0. The van der Waals surface area contributed by atoms with Crippen molar-refractivity contribution in [2.24, 2.45) is 0 Å². The molecule has 102 valence electrons. The molecular weight excluding hydrogens is 248 g/mol. The highest BCUT2D eigenvalue weighted by Crippen LogP contribution is 2.23. The predicted molar refractivity (Wildman–Crippen MR) is 79.7 cm³/mol. The van der Waals surface area contributed by atoms with E-state index < -0.39 is 0 Å². The summed E-state index contributed by atoms with van der Waals surface area (Å²) >= 11 is 0. The van der Waals surface area contributed by atoms with Gasteiger partial charge in [-0.25, -0.2) is 0 Å². The summed E-state index contributed by atoms with van der Waals surface area (Å²) in [7, 11) is 0. The minimum atomic E-state index is -0.0749. The van der Waals surface area contributed by atoms with Gasteiger partial charge in [0, 0.05) is 29.5 Å². The van der Waals surface area contributed by atoms with Crippen LogP contribution in [0.2, 0.25) is 0 Å². The summed E-state index contributed by atoms with van der Waals surface area (Å²) < 4.78 is 0. The van der Waals surface area contributed by atoms with Gasteiger partial charge in [-0.3, -0.25) is 9.59 Å². The fourth-order valence-corrected chi connectivity index (χ4v) is 2.20. The lowest BCUT2D eigenvalue weighted by molar-refractivity contribution is 0.0981. The van der Waals surface area contributed by atoms with Crippen LogP contribution in [0, 0.1) is 11.8 Å². The van der Waals surface area contributed by atoms with Crippen LogP contribution in [0.25, 0.3) is 0 Å². The molecule has 2 nitrogen and oxygen atoms in total. The highest BCUT2D eigenvalue weighted by Gasteiger charge is 2.24. The van der Waals surface area contributed by atoms with E-state index in [1.54, 1.807) is 24.3 Å². The Balaban J connectivity index is 2.02. The molecule has 0 spiro atoms. The van der Waals surface area contributed by atoms with Gasteiger partial charge in [0.15, 0.2) is 11.6 Å². The van der Waals surface area contributed by atoms with Gasteiger partial charge < -0.3 is 0 Å². The number of allylic oxidation sites excluding steroid dienone is 2. The van der Waals surface area contributed by atoms with Gasteiger partial charge in [-0.2, -0.15) is 0 Å². The molecule has 20 heavy (non-hydrogen) atoms. The summed E-state index contributed by atoms with van der Waals surface area (Å²) in [6, 6.07) is 6.99. The van der Waals surface area contributed by atoms with E-state index in [1.807, 2.05) is 0 Å². The zero-order valence-corrected chi connectivity index (χ0v) is 11.7. The van der Waals surface area contributed by atoms with Gasteiger partial charge in [-0.05, 0) is 18.9 Å². The Morgan fingerprint density at radius 1 is 1.00 bits per heavy atom. The highest BCUT2D eigenvalue weighted by molar-refractivity contribution is 6.24. The Kier molecular flexibility index (Phi) is 4.90. The number of carbonyl (C=O) groups is 2. The highest BCUT2D eigenvalue weighted by atomic mass is 16.1. The summed E-state index contributed by atoms with van der Waals surface area (Å²) in [5.74, 6) is 6.06. The van der Waals surface area contributed by atoms with E-state index in [2.05, 4.69) is 18.8 Å². The zero-order chi connectivity index (χ0) is 14.4. The van der Waals surface area contributed by atoms with Crippen molar-refractivity contribution in [3.8, 4) is 11.8 Å². The molecule has 0 N–H and O–H groups in total. The number of Topliss-reactive ketones (excluding diaryl/α,β-unsaturated/α-hetero) is 1. The first-order valence-corrected chi connectivity index (χ1v) is 7.08. The molecule has 0 bridgehead atoms. The predicted octanol–water partition coefficient (Wildman–Crippen LogP) is 3.97. The molecule has 0 saturated heterocycles. The van der Waals surface area contributed by atoms with Gasteiger partial charge in [-0.1, -0.05) is 37.6 Å². The summed E-state index contributed by atoms with van der Waals surface area (Å²) in [5, 5.41) is 0. The van der Waals surface area contributed by atoms with Crippen LogP contribution in [0.15, 0.2) is 35.9 Å². The van der Waals surface area contributed by atoms with Gasteiger partial charge in [0.2, 0.25) is 0 Å². The van der Waals surface area contributed by atoms with Crippen LogP contribution in [0.4, 0.5) is 0 Å². The van der Waals surface area contributed by atoms with Crippen molar-refractivity contribution >= 4 is 11.6 Å². The number of ketones is 2. The smallest absolute Gasteiger partial charge is 0.189 e. The minimum absolute atomic E-state index is 0.0319. The average Bonchev–Trinajstić information content (AvgIpc) is 2.47. The van der Waals surface area contributed by atoms with E-state index in [0.29, 0.717) is 29.5 Å². The summed E-state index contributed by atoms with van der Waals surface area (Å²) in [6.07, 6.45) is 5.82. The Hall–Kier alpha value is -2.14. The first-order chi connectivity index (χ1) is 9.74. The standard InChI is InChI=1S/C18H18O2/c1-2-3-4-5-6-7-10-14-13-17(19)15-11-8-9-12-16(15)18(14)20/h8-9,11-13H,2-4,7,10H2,1H3. The summed E-state index contributed by atoms with van der Waals surface area (Å²) in [6.45, 7) is 2.14. The molecule has 0 amide bonds. The van der Waals surface area contributed by atoms with Crippen molar-refractivity contribution in [3.63, 3.8) is 0 Å². The third kappa shape index (κ3) is 3.24. The van der Waals surface area contributed by atoms with Crippen LogP contribution in [-0.2, 0) is 0 Å². The van der Waals surface area contributed by atoms with Crippen molar-refractivity contribution in [3.05, 3.63) is 47.0 Å². The normalized spacial score (nSPS) is 13.3. The minimum Gasteiger partial charge on any atom is -0.289 e. The molecule has 1 aromatic rings. The molecule has 1 aliphatic rings. The lowest BCUT2D eigenvalue weighted by Gasteiger charge is -2.13. The molecule has 0 unspecified atom stereocenters. The second-order valence-corrected chi connectivity index (χ2v) is 4.87. The molecule has 0 heterocycles. The fraction of sp³-hybridized carbons (Fsp3) is 0.333. The van der Waals surface area contributed by atoms with Crippen LogP contribution >= 0.6 is 0 Å². The number of carbonyl (C=O) groups excluding carboxylic acids is 2. The van der Waals surface area contributed by atoms with Crippen molar-refractivity contribution in [1.29, 1.82) is 0 Å². The van der Waals surface area contributed by atoms with Crippen molar-refractivity contribution < 1.29 is 9.59 Å². The number of fused-ring (bicyclic) bond motifs is 1. The monoisotopic (exact) mass is 266 g/mol. The molecule has 2 heteroatoms. The summed E-state index contributed by atoms with van der Waals surface area (Å²) in [4.78, 5) is 24.2. The van der Waals surface area contributed by atoms with Crippen LogP contribution in [0.5, 0.6) is 0 Å². The largest absolute Gasteiger partial charge is 0.289 e. The molecule has 0 atom stereocenters. The van der Waals surface area contributed by atoms with E-state index in [4.69, 9.17) is 0 Å². The summed E-state index contributed by atoms with van der Waals surface area (Å²) in [5.41, 5.74) is 1.61. The molecule has 0 saturated carbocycles. The molecule has 0 radical (unpaired) electrons. The molecule has 0 aliphatic heterocycles. The van der Waals surface area contributed by atoms with Crippen LogP contribution in [-0.4, -0.2) is 11.6 Å². The van der Waals surface area contributed by atoms with Crippen molar-refractivity contribution in [1.82, 2.24) is 0 Å². The number of benzene rings is 1. The average molecular weight is 266 g/mol. The van der Waals surface area contributed by atoms with E-state index in [0.717, 1.165) is 19.3 Å². The maximum atomic E-state index is 12.3. The van der Waals surface area contributed by atoms with Gasteiger partial charge >= 0.3 is 0 Å². The molecular formula is C18H18O2. The zero-order valence-electron chi connectivity index (χ0n) is 11.7. The first-order valence-electron chi connectivity index (χ1n) is 7.08. The van der Waals surface area contributed by atoms with Gasteiger partial charge in [0.25, 0.3) is 0 Å². The molecule has 0 aromatic heterocycles. The fourth-order valence-electron chi connectivity index (χ4n) is 2.20. The molecule has 2 rings (SSSR count). The van der Waals surface area contributed by atoms with Crippen molar-refractivity contribution in [2.75, 3.05) is 0 Å². The number of unbranched alkanes of at least 4 members (excludes halogenated alkanes) is 2. The Labute approximate surface area is 119 Å². The molecule has 0 fully saturated rings. The SMILES string of the molecule is CCCCC#CCCC1=CC(=O)c2ccccc2C1=O.